The molecule has 5 rings (SSSR count). The molecule has 8 heteroatoms. The van der Waals surface area contributed by atoms with Crippen molar-refractivity contribution in [3.63, 3.8) is 0 Å². The highest BCUT2D eigenvalue weighted by molar-refractivity contribution is 8.01. The van der Waals surface area contributed by atoms with E-state index >= 15 is 0 Å². The van der Waals surface area contributed by atoms with Crippen molar-refractivity contribution >= 4 is 29.3 Å². The molecule has 4 heterocycles. The second-order valence-corrected chi connectivity index (χ2v) is 9.74. The Labute approximate surface area is 174 Å². The Morgan fingerprint density at radius 1 is 1.24 bits per heavy atom. The van der Waals surface area contributed by atoms with Crippen LogP contribution in [0.25, 0.3) is 11.4 Å². The molecule has 0 spiro atoms. The van der Waals surface area contributed by atoms with Crippen molar-refractivity contribution in [2.75, 3.05) is 11.1 Å². The fraction of sp³-hybridized carbons (Fsp3) is 0.524. The van der Waals surface area contributed by atoms with Crippen LogP contribution in [0.1, 0.15) is 44.9 Å². The van der Waals surface area contributed by atoms with Gasteiger partial charge in [0.25, 0.3) is 0 Å². The minimum atomic E-state index is -0.409. The molecule has 1 aromatic carbocycles. The van der Waals surface area contributed by atoms with E-state index in [1.807, 2.05) is 24.3 Å². The molecule has 152 valence electrons. The normalized spacial score (nSPS) is 26.2. The molecule has 2 fully saturated rings. The Morgan fingerprint density at radius 2 is 2.14 bits per heavy atom. The van der Waals surface area contributed by atoms with Crippen LogP contribution >= 0.6 is 11.8 Å². The van der Waals surface area contributed by atoms with E-state index in [2.05, 4.69) is 27.0 Å². The molecule has 2 unspecified atom stereocenters. The Hall–Kier alpha value is -2.35. The number of nitrogens with one attached hydrogen (secondary N) is 1. The molecule has 2 aromatic rings. The molecular formula is C21H25N5O2S. The highest BCUT2D eigenvalue weighted by Gasteiger charge is 2.52. The number of aromatic nitrogens is 3. The van der Waals surface area contributed by atoms with Crippen molar-refractivity contribution in [1.29, 1.82) is 0 Å². The third-order valence-electron chi connectivity index (χ3n) is 6.25. The number of nitrogens with zero attached hydrogens (tertiary/aromatic N) is 4. The van der Waals surface area contributed by atoms with E-state index in [-0.39, 0.29) is 16.7 Å². The van der Waals surface area contributed by atoms with Crippen LogP contribution in [-0.2, 0) is 22.6 Å². The summed E-state index contributed by atoms with van der Waals surface area (Å²) in [6, 6.07) is 7.36. The van der Waals surface area contributed by atoms with Gasteiger partial charge in [-0.2, -0.15) is 0 Å². The quantitative estimate of drug-likeness (QED) is 0.840. The van der Waals surface area contributed by atoms with Crippen molar-refractivity contribution in [3.8, 4) is 11.4 Å². The predicted octanol–water partition coefficient (Wildman–Crippen LogP) is 3.06. The first-order valence-electron chi connectivity index (χ1n) is 10.3. The summed E-state index contributed by atoms with van der Waals surface area (Å²) in [4.78, 5) is 26.8. The smallest absolute Gasteiger partial charge is 0.248 e. The van der Waals surface area contributed by atoms with Crippen LogP contribution in [0.2, 0.25) is 0 Å². The van der Waals surface area contributed by atoms with Gasteiger partial charge in [-0.25, -0.2) is 0 Å². The number of benzene rings is 1. The van der Waals surface area contributed by atoms with E-state index in [9.17, 15) is 9.59 Å². The number of thioether (sulfide) groups is 1. The van der Waals surface area contributed by atoms with Crippen molar-refractivity contribution < 1.29 is 9.59 Å². The van der Waals surface area contributed by atoms with Crippen molar-refractivity contribution in [2.45, 2.75) is 62.9 Å². The van der Waals surface area contributed by atoms with Crippen LogP contribution in [0.3, 0.4) is 0 Å². The van der Waals surface area contributed by atoms with Crippen LogP contribution in [0.15, 0.2) is 24.3 Å². The lowest BCUT2D eigenvalue weighted by Gasteiger charge is -2.29. The van der Waals surface area contributed by atoms with Crippen LogP contribution in [-0.4, -0.2) is 48.1 Å². The van der Waals surface area contributed by atoms with E-state index in [0.29, 0.717) is 12.2 Å². The number of amides is 2. The van der Waals surface area contributed by atoms with Gasteiger partial charge in [-0.3, -0.25) is 9.59 Å². The molecule has 29 heavy (non-hydrogen) atoms. The average Bonchev–Trinajstić information content (AvgIpc) is 3.29. The lowest BCUT2D eigenvalue weighted by Crippen LogP contribution is -2.48. The molecule has 0 aliphatic carbocycles. The third kappa shape index (κ3) is 3.23. The average molecular weight is 412 g/mol. The molecule has 0 bridgehead atoms. The zero-order valence-electron chi connectivity index (χ0n) is 16.6. The maximum atomic E-state index is 13.0. The van der Waals surface area contributed by atoms with Gasteiger partial charge in [0.15, 0.2) is 5.82 Å². The molecule has 7 nitrogen and oxygen atoms in total. The van der Waals surface area contributed by atoms with Gasteiger partial charge < -0.3 is 14.8 Å². The topological polar surface area (TPSA) is 80.1 Å². The van der Waals surface area contributed by atoms with Gasteiger partial charge in [0.1, 0.15) is 11.9 Å². The van der Waals surface area contributed by atoms with Gasteiger partial charge in [-0.1, -0.05) is 18.6 Å². The van der Waals surface area contributed by atoms with Crippen LogP contribution in [0, 0.1) is 0 Å². The number of carbonyl (C=O) groups is 2. The zero-order chi connectivity index (χ0) is 20.0. The van der Waals surface area contributed by atoms with E-state index < -0.39 is 6.04 Å². The summed E-state index contributed by atoms with van der Waals surface area (Å²) in [5.74, 6) is 2.51. The van der Waals surface area contributed by atoms with Gasteiger partial charge in [0, 0.05) is 36.4 Å². The standard InChI is InChI=1S/C21H25N5O2S/c1-21-10-9-18(27)26(21)16(13-29-21)20(28)22-15-7-5-6-14(12-15)19-24-23-17-8-3-2-4-11-25(17)19/h5-7,12,16H,2-4,8-11,13H2,1H3,(H,22,28). The van der Waals surface area contributed by atoms with E-state index in [1.165, 1.54) is 6.42 Å². The predicted molar refractivity (Wildman–Crippen MR) is 112 cm³/mol. The summed E-state index contributed by atoms with van der Waals surface area (Å²) in [5, 5.41) is 11.8. The summed E-state index contributed by atoms with van der Waals surface area (Å²) in [6.07, 6.45) is 5.81. The summed E-state index contributed by atoms with van der Waals surface area (Å²) >= 11 is 1.71. The summed E-state index contributed by atoms with van der Waals surface area (Å²) in [5.41, 5.74) is 1.68. The Balaban J connectivity index is 1.37. The summed E-state index contributed by atoms with van der Waals surface area (Å²) < 4.78 is 2.20. The molecule has 2 saturated heterocycles. The van der Waals surface area contributed by atoms with Gasteiger partial charge >= 0.3 is 0 Å². The SMILES string of the molecule is CC12CCC(=O)N1C(C(=O)Nc1cccc(-c3nnc4n3CCCCC4)c1)CS2. The molecule has 2 amide bonds. The van der Waals surface area contributed by atoms with Gasteiger partial charge in [-0.15, -0.1) is 22.0 Å². The third-order valence-corrected chi connectivity index (χ3v) is 7.75. The minimum Gasteiger partial charge on any atom is -0.324 e. The summed E-state index contributed by atoms with van der Waals surface area (Å²) in [6.45, 7) is 3.00. The first kappa shape index (κ1) is 18.7. The van der Waals surface area contributed by atoms with Crippen LogP contribution < -0.4 is 5.32 Å². The molecule has 3 aliphatic heterocycles. The highest BCUT2D eigenvalue weighted by Crippen LogP contribution is 2.47. The number of carbonyl (C=O) groups excluding carboxylic acids is 2. The summed E-state index contributed by atoms with van der Waals surface area (Å²) in [7, 11) is 0. The number of anilines is 1. The Kier molecular flexibility index (Phi) is 4.61. The number of rotatable bonds is 3. The lowest BCUT2D eigenvalue weighted by molar-refractivity contribution is -0.135. The number of hydrogen-bond acceptors (Lipinski definition) is 5. The fourth-order valence-electron chi connectivity index (χ4n) is 4.67. The second-order valence-electron chi connectivity index (χ2n) is 8.24. The first-order chi connectivity index (χ1) is 14.0. The molecule has 0 saturated carbocycles. The van der Waals surface area contributed by atoms with Crippen LogP contribution in [0.4, 0.5) is 5.69 Å². The Morgan fingerprint density at radius 3 is 3.03 bits per heavy atom. The first-order valence-corrected chi connectivity index (χ1v) is 11.3. The lowest BCUT2D eigenvalue weighted by atomic mass is 10.1. The van der Waals surface area contributed by atoms with E-state index in [1.54, 1.807) is 16.7 Å². The highest BCUT2D eigenvalue weighted by atomic mass is 32.2. The van der Waals surface area contributed by atoms with Crippen molar-refractivity contribution in [2.24, 2.45) is 0 Å². The van der Waals surface area contributed by atoms with Crippen LogP contribution in [0.5, 0.6) is 0 Å². The molecule has 1 N–H and O–H groups in total. The molecule has 2 atom stereocenters. The molecule has 3 aliphatic rings. The molecular weight excluding hydrogens is 386 g/mol. The molecule has 0 radical (unpaired) electrons. The molecule has 1 aromatic heterocycles. The van der Waals surface area contributed by atoms with Gasteiger partial charge in [-0.05, 0) is 38.3 Å². The van der Waals surface area contributed by atoms with Crippen molar-refractivity contribution in [3.05, 3.63) is 30.1 Å². The van der Waals surface area contributed by atoms with E-state index in [0.717, 1.165) is 55.1 Å². The minimum absolute atomic E-state index is 0.0811. The van der Waals surface area contributed by atoms with Crippen molar-refractivity contribution in [1.82, 2.24) is 19.7 Å². The maximum absolute atomic E-state index is 13.0. The fourth-order valence-corrected chi connectivity index (χ4v) is 6.11. The maximum Gasteiger partial charge on any atom is 0.248 e. The van der Waals surface area contributed by atoms with Gasteiger partial charge in [0.2, 0.25) is 11.8 Å². The van der Waals surface area contributed by atoms with Gasteiger partial charge in [0.05, 0.1) is 4.87 Å². The number of fused-ring (bicyclic) bond motifs is 2. The number of aryl methyl sites for hydroxylation is 1. The Bertz CT molecular complexity index is 974. The number of hydrogen-bond donors (Lipinski definition) is 1. The zero-order valence-corrected chi connectivity index (χ0v) is 17.4. The van der Waals surface area contributed by atoms with E-state index in [4.69, 9.17) is 0 Å². The largest absolute Gasteiger partial charge is 0.324 e. The second kappa shape index (κ2) is 7.16. The monoisotopic (exact) mass is 411 g/mol.